The second-order valence-corrected chi connectivity index (χ2v) is 9.01. The number of amides is 1. The molecule has 0 unspecified atom stereocenters. The number of rotatable bonds is 8. The van der Waals surface area contributed by atoms with Crippen molar-refractivity contribution in [1.29, 1.82) is 0 Å². The van der Waals surface area contributed by atoms with Gasteiger partial charge in [0.05, 0.1) is 24.2 Å². The first-order chi connectivity index (χ1) is 15.3. The smallest absolute Gasteiger partial charge is 0.237 e. The Morgan fingerprint density at radius 3 is 2.74 bits per heavy atom. The molecule has 0 aliphatic heterocycles. The van der Waals surface area contributed by atoms with Crippen LogP contribution in [-0.4, -0.2) is 31.3 Å². The number of nitrogens with zero attached hydrogens (tertiary/aromatic N) is 4. The second kappa shape index (κ2) is 9.14. The molecule has 3 aromatic rings. The van der Waals surface area contributed by atoms with Gasteiger partial charge in [0.1, 0.15) is 11.6 Å². The normalized spacial score (nSPS) is 16.2. The lowest BCUT2D eigenvalue weighted by Crippen LogP contribution is -2.32. The predicted molar refractivity (Wildman–Crippen MR) is 120 cm³/mol. The first kappa shape index (κ1) is 20.1. The largest absolute Gasteiger partial charge is 0.467 e. The van der Waals surface area contributed by atoms with Crippen molar-refractivity contribution < 1.29 is 9.21 Å². The van der Waals surface area contributed by atoms with E-state index < -0.39 is 0 Å². The Labute approximate surface area is 186 Å². The highest BCUT2D eigenvalue weighted by Crippen LogP contribution is 2.40. The van der Waals surface area contributed by atoms with Crippen LogP contribution in [0.4, 0.5) is 0 Å². The highest BCUT2D eigenvalue weighted by molar-refractivity contribution is 7.99. The van der Waals surface area contributed by atoms with Crippen LogP contribution in [-0.2, 0) is 11.3 Å². The van der Waals surface area contributed by atoms with Crippen molar-refractivity contribution in [3.05, 3.63) is 72.1 Å². The monoisotopic (exact) mass is 434 g/mol. The van der Waals surface area contributed by atoms with Crippen LogP contribution in [0.2, 0.25) is 0 Å². The highest BCUT2D eigenvalue weighted by atomic mass is 32.2. The number of hydrogen-bond donors (Lipinski definition) is 0. The summed E-state index contributed by atoms with van der Waals surface area (Å²) in [7, 11) is 0. The van der Waals surface area contributed by atoms with Gasteiger partial charge in [0, 0.05) is 11.6 Å². The number of carbonyl (C=O) groups excluding carboxylic acids is 1. The number of aromatic nitrogens is 3. The fraction of sp³-hybridized carbons (Fsp3) is 0.375. The summed E-state index contributed by atoms with van der Waals surface area (Å²) in [4.78, 5) is 19.9. The van der Waals surface area contributed by atoms with Crippen molar-refractivity contribution in [2.75, 3.05) is 5.75 Å². The van der Waals surface area contributed by atoms with Crippen LogP contribution in [0.1, 0.15) is 56.0 Å². The maximum Gasteiger partial charge on any atom is 0.237 e. The second-order valence-electron chi connectivity index (χ2n) is 8.06. The van der Waals surface area contributed by atoms with Crippen molar-refractivity contribution in [3.8, 4) is 5.69 Å². The molecule has 7 heteroatoms. The summed E-state index contributed by atoms with van der Waals surface area (Å²) in [6.45, 7) is 0.470. The third kappa shape index (κ3) is 4.77. The Balaban J connectivity index is 1.32. The van der Waals surface area contributed by atoms with E-state index in [0.29, 0.717) is 23.4 Å². The molecule has 1 amide bonds. The molecule has 6 nitrogen and oxygen atoms in total. The first-order valence-corrected chi connectivity index (χ1v) is 11.9. The van der Waals surface area contributed by atoms with Gasteiger partial charge in [-0.25, -0.2) is 9.67 Å². The van der Waals surface area contributed by atoms with E-state index in [2.05, 4.69) is 6.08 Å². The minimum absolute atomic E-state index is 0.0681. The lowest BCUT2D eigenvalue weighted by molar-refractivity contribution is -0.127. The van der Waals surface area contributed by atoms with Crippen LogP contribution in [0.5, 0.6) is 0 Å². The molecule has 5 rings (SSSR count). The summed E-state index contributed by atoms with van der Waals surface area (Å²) in [5.74, 6) is 2.65. The molecule has 0 bridgehead atoms. The summed E-state index contributed by atoms with van der Waals surface area (Å²) in [6, 6.07) is 13.9. The van der Waals surface area contributed by atoms with Gasteiger partial charge >= 0.3 is 0 Å². The lowest BCUT2D eigenvalue weighted by atomic mass is 10.0. The van der Waals surface area contributed by atoms with Gasteiger partial charge in [-0.15, -0.1) is 5.10 Å². The van der Waals surface area contributed by atoms with Gasteiger partial charge in [-0.2, -0.15) is 0 Å². The van der Waals surface area contributed by atoms with Crippen LogP contribution < -0.4 is 0 Å². The molecule has 1 fully saturated rings. The van der Waals surface area contributed by atoms with Crippen LogP contribution in [0.3, 0.4) is 0 Å². The van der Waals surface area contributed by atoms with E-state index in [9.17, 15) is 4.79 Å². The first-order valence-electron chi connectivity index (χ1n) is 10.9. The van der Waals surface area contributed by atoms with Gasteiger partial charge in [-0.1, -0.05) is 36.0 Å². The van der Waals surface area contributed by atoms with E-state index in [1.807, 2.05) is 52.0 Å². The molecule has 0 atom stereocenters. The highest BCUT2D eigenvalue weighted by Gasteiger charge is 2.31. The Morgan fingerprint density at radius 1 is 1.16 bits per heavy atom. The van der Waals surface area contributed by atoms with Crippen molar-refractivity contribution >= 4 is 17.7 Å². The zero-order valence-corrected chi connectivity index (χ0v) is 18.3. The maximum absolute atomic E-state index is 13.2. The molecule has 0 spiro atoms. The van der Waals surface area contributed by atoms with Gasteiger partial charge in [-0.3, -0.25) is 4.79 Å². The number of allylic oxidation sites excluding steroid dienone is 2. The number of carbonyl (C=O) groups is 1. The summed E-state index contributed by atoms with van der Waals surface area (Å²) in [6.07, 6.45) is 10.4. The molecule has 0 saturated heterocycles. The minimum atomic E-state index is 0.0681. The fourth-order valence-corrected chi connectivity index (χ4v) is 4.62. The van der Waals surface area contributed by atoms with E-state index in [1.165, 1.54) is 18.2 Å². The zero-order valence-electron chi connectivity index (χ0n) is 17.4. The van der Waals surface area contributed by atoms with Crippen LogP contribution in [0.15, 0.2) is 70.1 Å². The Kier molecular flexibility index (Phi) is 5.93. The fourth-order valence-electron chi connectivity index (χ4n) is 3.91. The molecule has 31 heavy (non-hydrogen) atoms. The summed E-state index contributed by atoms with van der Waals surface area (Å²) < 4.78 is 7.45. The number of thioether (sulfide) groups is 1. The van der Waals surface area contributed by atoms with Gasteiger partial charge in [0.15, 0.2) is 0 Å². The average molecular weight is 435 g/mol. The maximum atomic E-state index is 13.2. The topological polar surface area (TPSA) is 64.2 Å². The number of para-hydroxylation sites is 1. The predicted octanol–water partition coefficient (Wildman–Crippen LogP) is 5.32. The van der Waals surface area contributed by atoms with E-state index >= 15 is 0 Å². The number of furan rings is 1. The molecule has 0 radical (unpaired) electrons. The summed E-state index contributed by atoms with van der Waals surface area (Å²) >= 11 is 1.42. The van der Waals surface area contributed by atoms with E-state index in [4.69, 9.17) is 14.5 Å². The minimum Gasteiger partial charge on any atom is -0.467 e. The molecule has 160 valence electrons. The lowest BCUT2D eigenvalue weighted by Gasteiger charge is -2.26. The Bertz CT molecular complexity index is 1050. The third-order valence-electron chi connectivity index (χ3n) is 5.69. The summed E-state index contributed by atoms with van der Waals surface area (Å²) in [5, 5.41) is 5.39. The molecule has 2 aliphatic carbocycles. The van der Waals surface area contributed by atoms with Gasteiger partial charge in [-0.05, 0) is 62.8 Å². The van der Waals surface area contributed by atoms with Crippen molar-refractivity contribution in [1.82, 2.24) is 19.7 Å². The van der Waals surface area contributed by atoms with Crippen molar-refractivity contribution in [2.45, 2.75) is 56.1 Å². The Morgan fingerprint density at radius 2 is 2.03 bits per heavy atom. The van der Waals surface area contributed by atoms with Crippen molar-refractivity contribution in [3.63, 3.8) is 0 Å². The van der Waals surface area contributed by atoms with E-state index in [1.54, 1.807) is 6.26 Å². The Hall–Kier alpha value is -2.80. The molecule has 2 heterocycles. The average Bonchev–Trinajstić information content (AvgIpc) is 3.36. The molecule has 2 aromatic heterocycles. The number of hydrogen-bond acceptors (Lipinski definition) is 5. The number of benzene rings is 1. The van der Waals surface area contributed by atoms with Gasteiger partial charge < -0.3 is 9.32 Å². The molecule has 1 aromatic carbocycles. The SMILES string of the molecule is O=C(CSc1nc(C2CC2)n(-c2ccccc2)n1)N(Cc1ccco1)C1=CCCCC1. The van der Waals surface area contributed by atoms with E-state index in [0.717, 1.165) is 55.1 Å². The standard InChI is InChI=1S/C24H26N4O2S/c29-22(27(16-21-12-7-15-30-21)19-8-3-1-4-9-19)17-31-24-25-23(18-13-14-18)28(26-24)20-10-5-2-6-11-20/h2,5-8,10-12,15,18H,1,3-4,9,13-14,16-17H2. The van der Waals surface area contributed by atoms with Gasteiger partial charge in [0.2, 0.25) is 11.1 Å². The molecular formula is C24H26N4O2S. The summed E-state index contributed by atoms with van der Waals surface area (Å²) in [5.41, 5.74) is 2.12. The third-order valence-corrected chi connectivity index (χ3v) is 6.51. The van der Waals surface area contributed by atoms with Crippen molar-refractivity contribution in [2.24, 2.45) is 0 Å². The van der Waals surface area contributed by atoms with Crippen LogP contribution in [0, 0.1) is 0 Å². The van der Waals surface area contributed by atoms with Crippen LogP contribution in [0.25, 0.3) is 5.69 Å². The van der Waals surface area contributed by atoms with E-state index in [-0.39, 0.29) is 5.91 Å². The molecular weight excluding hydrogens is 408 g/mol. The van der Waals surface area contributed by atoms with Crippen LogP contribution >= 0.6 is 11.8 Å². The zero-order chi connectivity index (χ0) is 21.0. The van der Waals surface area contributed by atoms with Gasteiger partial charge in [0.25, 0.3) is 0 Å². The molecule has 0 N–H and O–H groups in total. The molecule has 2 aliphatic rings. The quantitative estimate of drug-likeness (QED) is 0.449. The molecule has 1 saturated carbocycles.